The van der Waals surface area contributed by atoms with Gasteiger partial charge in [-0.25, -0.2) is 9.78 Å². The van der Waals surface area contributed by atoms with Crippen LogP contribution in [0, 0.1) is 0 Å². The molecule has 0 bridgehead atoms. The van der Waals surface area contributed by atoms with Gasteiger partial charge in [0.05, 0.1) is 12.8 Å². The zero-order chi connectivity index (χ0) is 14.4. The lowest BCUT2D eigenvalue weighted by molar-refractivity contribution is 0.243. The summed E-state index contributed by atoms with van der Waals surface area (Å²) in [5.41, 5.74) is 1.68. The number of carbonyl (C=O) groups is 1. The van der Waals surface area contributed by atoms with Crippen molar-refractivity contribution in [3.63, 3.8) is 0 Å². The van der Waals surface area contributed by atoms with Crippen molar-refractivity contribution in [1.82, 2.24) is 15.6 Å². The highest BCUT2D eigenvalue weighted by atomic mass is 16.5. The first-order valence-electron chi connectivity index (χ1n) is 6.27. The lowest BCUT2D eigenvalue weighted by Gasteiger charge is -2.01. The summed E-state index contributed by atoms with van der Waals surface area (Å²) in [5.74, 6) is 1.35. The van der Waals surface area contributed by atoms with Crippen LogP contribution in [0.5, 0.6) is 5.75 Å². The minimum Gasteiger partial charge on any atom is -0.497 e. The average molecular weight is 275 g/mol. The summed E-state index contributed by atoms with van der Waals surface area (Å²) in [5, 5.41) is 5.18. The molecule has 0 aliphatic heterocycles. The molecule has 0 atom stereocenters. The smallest absolute Gasteiger partial charge is 0.314 e. The standard InChI is InChI=1S/C14H17N3O3/c1-15-14(18)16-8-7-11-9-20-13(17-11)10-3-5-12(19-2)6-4-10/h3-6,9H,7-8H2,1-2H3,(H2,15,16,18). The molecular weight excluding hydrogens is 258 g/mol. The van der Waals surface area contributed by atoms with Gasteiger partial charge in [-0.1, -0.05) is 0 Å². The Morgan fingerprint density at radius 3 is 2.75 bits per heavy atom. The Morgan fingerprint density at radius 1 is 1.35 bits per heavy atom. The number of aromatic nitrogens is 1. The number of benzene rings is 1. The topological polar surface area (TPSA) is 76.4 Å². The number of nitrogens with zero attached hydrogens (tertiary/aromatic N) is 1. The van der Waals surface area contributed by atoms with Gasteiger partial charge in [0.15, 0.2) is 0 Å². The van der Waals surface area contributed by atoms with E-state index in [4.69, 9.17) is 9.15 Å². The second kappa shape index (κ2) is 6.60. The van der Waals surface area contributed by atoms with Crippen molar-refractivity contribution >= 4 is 6.03 Å². The molecule has 2 N–H and O–H groups in total. The molecule has 6 nitrogen and oxygen atoms in total. The van der Waals surface area contributed by atoms with E-state index in [1.807, 2.05) is 24.3 Å². The van der Waals surface area contributed by atoms with Gasteiger partial charge >= 0.3 is 6.03 Å². The summed E-state index contributed by atoms with van der Waals surface area (Å²) in [6.45, 7) is 0.508. The average Bonchev–Trinajstić information content (AvgIpc) is 2.96. The Morgan fingerprint density at radius 2 is 2.10 bits per heavy atom. The van der Waals surface area contributed by atoms with Crippen molar-refractivity contribution in [3.8, 4) is 17.2 Å². The Kier molecular flexibility index (Phi) is 4.60. The Labute approximate surface area is 117 Å². The number of amides is 2. The van der Waals surface area contributed by atoms with Gasteiger partial charge in [-0.2, -0.15) is 0 Å². The van der Waals surface area contributed by atoms with Crippen LogP contribution in [0.15, 0.2) is 34.9 Å². The van der Waals surface area contributed by atoms with Gasteiger partial charge in [-0.15, -0.1) is 0 Å². The molecule has 106 valence electrons. The van der Waals surface area contributed by atoms with Crippen LogP contribution in [-0.2, 0) is 6.42 Å². The molecule has 0 saturated heterocycles. The number of hydrogen-bond donors (Lipinski definition) is 2. The second-order valence-electron chi connectivity index (χ2n) is 4.13. The predicted molar refractivity (Wildman–Crippen MR) is 74.7 cm³/mol. The van der Waals surface area contributed by atoms with Crippen molar-refractivity contribution in [3.05, 3.63) is 36.2 Å². The number of urea groups is 1. The summed E-state index contributed by atoms with van der Waals surface area (Å²) in [6.07, 6.45) is 2.22. The molecule has 1 heterocycles. The van der Waals surface area contributed by atoms with E-state index < -0.39 is 0 Å². The molecule has 0 unspecified atom stereocenters. The molecule has 20 heavy (non-hydrogen) atoms. The minimum atomic E-state index is -0.205. The molecule has 2 rings (SSSR count). The summed E-state index contributed by atoms with van der Waals surface area (Å²) >= 11 is 0. The normalized spacial score (nSPS) is 10.1. The second-order valence-corrected chi connectivity index (χ2v) is 4.13. The van der Waals surface area contributed by atoms with Crippen molar-refractivity contribution in [2.24, 2.45) is 0 Å². The van der Waals surface area contributed by atoms with E-state index in [2.05, 4.69) is 15.6 Å². The van der Waals surface area contributed by atoms with Crippen molar-refractivity contribution < 1.29 is 13.9 Å². The third-order valence-electron chi connectivity index (χ3n) is 2.78. The third-order valence-corrected chi connectivity index (χ3v) is 2.78. The van der Waals surface area contributed by atoms with E-state index in [9.17, 15) is 4.79 Å². The third kappa shape index (κ3) is 3.50. The molecule has 0 radical (unpaired) electrons. The van der Waals surface area contributed by atoms with Crippen molar-refractivity contribution in [2.45, 2.75) is 6.42 Å². The Hall–Kier alpha value is -2.50. The predicted octanol–water partition coefficient (Wildman–Crippen LogP) is 1.82. The van der Waals surface area contributed by atoms with Crippen LogP contribution >= 0.6 is 0 Å². The number of rotatable bonds is 5. The maximum Gasteiger partial charge on any atom is 0.314 e. The highest BCUT2D eigenvalue weighted by Gasteiger charge is 2.07. The number of ether oxygens (including phenoxy) is 1. The zero-order valence-electron chi connectivity index (χ0n) is 11.5. The molecule has 1 aromatic heterocycles. The van der Waals surface area contributed by atoms with Crippen molar-refractivity contribution in [2.75, 3.05) is 20.7 Å². The molecule has 2 aromatic rings. The summed E-state index contributed by atoms with van der Waals surface area (Å²) in [7, 11) is 3.20. The molecule has 6 heteroatoms. The first-order chi connectivity index (χ1) is 9.72. The molecule has 0 aliphatic carbocycles. The van der Waals surface area contributed by atoms with Gasteiger partial charge in [0.25, 0.3) is 0 Å². The molecule has 2 amide bonds. The molecular formula is C14H17N3O3. The van der Waals surface area contributed by atoms with Gasteiger partial charge in [0.2, 0.25) is 5.89 Å². The fraction of sp³-hybridized carbons (Fsp3) is 0.286. The van der Waals surface area contributed by atoms with Gasteiger partial charge in [0, 0.05) is 25.6 Å². The largest absolute Gasteiger partial charge is 0.497 e. The fourth-order valence-electron chi connectivity index (χ4n) is 1.68. The summed E-state index contributed by atoms with van der Waals surface area (Å²) in [4.78, 5) is 15.4. The van der Waals surface area contributed by atoms with Gasteiger partial charge in [-0.3, -0.25) is 0 Å². The Balaban J connectivity index is 1.95. The number of oxazole rings is 1. The number of carbonyl (C=O) groups excluding carboxylic acids is 1. The molecule has 0 fully saturated rings. The maximum atomic E-state index is 11.0. The number of methoxy groups -OCH3 is 1. The van der Waals surface area contributed by atoms with Crippen LogP contribution in [0.3, 0.4) is 0 Å². The minimum absolute atomic E-state index is 0.205. The highest BCUT2D eigenvalue weighted by molar-refractivity contribution is 5.73. The van der Waals surface area contributed by atoms with Gasteiger partial charge < -0.3 is 19.8 Å². The first-order valence-corrected chi connectivity index (χ1v) is 6.27. The van der Waals surface area contributed by atoms with Crippen LogP contribution in [0.25, 0.3) is 11.5 Å². The Bertz CT molecular complexity index is 563. The number of nitrogens with one attached hydrogen (secondary N) is 2. The number of hydrogen-bond acceptors (Lipinski definition) is 4. The molecule has 1 aromatic carbocycles. The van der Waals surface area contributed by atoms with E-state index in [1.165, 1.54) is 0 Å². The highest BCUT2D eigenvalue weighted by Crippen LogP contribution is 2.21. The van der Waals surface area contributed by atoms with E-state index in [0.29, 0.717) is 18.9 Å². The maximum absolute atomic E-state index is 11.0. The summed E-state index contributed by atoms with van der Waals surface area (Å²) < 4.78 is 10.5. The molecule has 0 saturated carbocycles. The van der Waals surface area contributed by atoms with Crippen LogP contribution in [0.1, 0.15) is 5.69 Å². The van der Waals surface area contributed by atoms with E-state index in [0.717, 1.165) is 17.0 Å². The van der Waals surface area contributed by atoms with Crippen LogP contribution < -0.4 is 15.4 Å². The quantitative estimate of drug-likeness (QED) is 0.872. The van der Waals surface area contributed by atoms with Crippen LogP contribution in [0.4, 0.5) is 4.79 Å². The lowest BCUT2D eigenvalue weighted by atomic mass is 10.2. The lowest BCUT2D eigenvalue weighted by Crippen LogP contribution is -2.34. The van der Waals surface area contributed by atoms with E-state index >= 15 is 0 Å². The fourth-order valence-corrected chi connectivity index (χ4v) is 1.68. The summed E-state index contributed by atoms with van der Waals surface area (Å²) in [6, 6.07) is 7.27. The van der Waals surface area contributed by atoms with Crippen LogP contribution in [0.2, 0.25) is 0 Å². The van der Waals surface area contributed by atoms with Gasteiger partial charge in [0.1, 0.15) is 12.0 Å². The van der Waals surface area contributed by atoms with E-state index in [1.54, 1.807) is 20.4 Å². The monoisotopic (exact) mass is 275 g/mol. The van der Waals surface area contributed by atoms with Crippen molar-refractivity contribution in [1.29, 1.82) is 0 Å². The molecule has 0 spiro atoms. The molecule has 0 aliphatic rings. The van der Waals surface area contributed by atoms with E-state index in [-0.39, 0.29) is 6.03 Å². The zero-order valence-corrected chi connectivity index (χ0v) is 11.5. The SMILES string of the molecule is CNC(=O)NCCc1coc(-c2ccc(OC)cc2)n1. The van der Waals surface area contributed by atoms with Crippen LogP contribution in [-0.4, -0.2) is 31.7 Å². The van der Waals surface area contributed by atoms with Gasteiger partial charge in [-0.05, 0) is 24.3 Å². The first kappa shape index (κ1) is 13.9.